The Bertz CT molecular complexity index is 315. The van der Waals surface area contributed by atoms with Gasteiger partial charge in [-0.1, -0.05) is 0 Å². The van der Waals surface area contributed by atoms with Crippen LogP contribution in [-0.2, 0) is 17.8 Å². The molecule has 0 saturated heterocycles. The lowest BCUT2D eigenvalue weighted by Crippen LogP contribution is -2.45. The van der Waals surface area contributed by atoms with Crippen LogP contribution in [0.3, 0.4) is 0 Å². The molecular weight excluding hydrogens is 200 g/mol. The number of rotatable bonds is 6. The lowest BCUT2D eigenvalue weighted by Gasteiger charge is -2.35. The summed E-state index contributed by atoms with van der Waals surface area (Å²) in [6.45, 7) is 7.10. The number of hydrogen-bond acceptors (Lipinski definition) is 2. The molecule has 1 saturated carbocycles. The molecule has 0 aromatic carbocycles. The van der Waals surface area contributed by atoms with E-state index in [1.165, 1.54) is 18.4 Å². The fraction of sp³-hybridized carbons (Fsp3) is 0.692. The molecule has 0 spiro atoms. The largest absolute Gasteiger partial charge is 0.378 e. The lowest BCUT2D eigenvalue weighted by molar-refractivity contribution is -0.0102. The molecule has 90 valence electrons. The van der Waals surface area contributed by atoms with Crippen molar-refractivity contribution in [3.05, 3.63) is 24.0 Å². The number of aryl methyl sites for hydroxylation is 1. The first-order valence-electron chi connectivity index (χ1n) is 6.31. The maximum absolute atomic E-state index is 5.54. The molecule has 1 N–H and O–H groups in total. The summed E-state index contributed by atoms with van der Waals surface area (Å²) in [7, 11) is 0. The predicted octanol–water partition coefficient (Wildman–Crippen LogP) is 2.17. The van der Waals surface area contributed by atoms with Crippen molar-refractivity contribution in [3.63, 3.8) is 0 Å². The van der Waals surface area contributed by atoms with Crippen LogP contribution in [0.4, 0.5) is 0 Å². The standard InChI is InChI=1S/C13H22N2O/c1-3-15-6-5-11(10-15)9-14-12-7-13(8-12)16-4-2/h5-6,10,12-14H,3-4,7-9H2,1-2H3. The highest BCUT2D eigenvalue weighted by atomic mass is 16.5. The van der Waals surface area contributed by atoms with Crippen molar-refractivity contribution < 1.29 is 4.74 Å². The highest BCUT2D eigenvalue weighted by molar-refractivity contribution is 5.10. The average Bonchev–Trinajstić information content (AvgIpc) is 2.69. The maximum atomic E-state index is 5.54. The Morgan fingerprint density at radius 1 is 1.44 bits per heavy atom. The minimum atomic E-state index is 0.503. The van der Waals surface area contributed by atoms with E-state index in [2.05, 4.69) is 42.2 Å². The van der Waals surface area contributed by atoms with E-state index in [0.717, 1.165) is 19.7 Å². The van der Waals surface area contributed by atoms with Crippen LogP contribution in [0.5, 0.6) is 0 Å². The number of nitrogens with one attached hydrogen (secondary N) is 1. The topological polar surface area (TPSA) is 26.2 Å². The van der Waals surface area contributed by atoms with Gasteiger partial charge in [0.2, 0.25) is 0 Å². The van der Waals surface area contributed by atoms with E-state index in [-0.39, 0.29) is 0 Å². The van der Waals surface area contributed by atoms with Crippen molar-refractivity contribution in [2.45, 2.75) is 51.9 Å². The van der Waals surface area contributed by atoms with E-state index in [0.29, 0.717) is 12.1 Å². The van der Waals surface area contributed by atoms with E-state index in [4.69, 9.17) is 4.74 Å². The molecule has 3 heteroatoms. The zero-order chi connectivity index (χ0) is 11.4. The quantitative estimate of drug-likeness (QED) is 0.798. The third-order valence-corrected chi connectivity index (χ3v) is 3.27. The number of aromatic nitrogens is 1. The zero-order valence-electron chi connectivity index (χ0n) is 10.3. The summed E-state index contributed by atoms with van der Waals surface area (Å²) in [5.74, 6) is 0. The minimum absolute atomic E-state index is 0.503. The fourth-order valence-electron chi connectivity index (χ4n) is 2.16. The van der Waals surface area contributed by atoms with Gasteiger partial charge in [0.25, 0.3) is 0 Å². The molecule has 16 heavy (non-hydrogen) atoms. The van der Waals surface area contributed by atoms with Crippen LogP contribution >= 0.6 is 0 Å². The first kappa shape index (κ1) is 11.7. The average molecular weight is 222 g/mol. The molecule has 2 rings (SSSR count). The second-order valence-electron chi connectivity index (χ2n) is 4.48. The molecule has 0 unspecified atom stereocenters. The van der Waals surface area contributed by atoms with Gasteiger partial charge in [-0.15, -0.1) is 0 Å². The Morgan fingerprint density at radius 3 is 2.88 bits per heavy atom. The van der Waals surface area contributed by atoms with E-state index in [1.54, 1.807) is 0 Å². The van der Waals surface area contributed by atoms with Gasteiger partial charge in [0.1, 0.15) is 0 Å². The molecule has 0 atom stereocenters. The summed E-state index contributed by atoms with van der Waals surface area (Å²) in [4.78, 5) is 0. The Balaban J connectivity index is 1.65. The second kappa shape index (κ2) is 5.51. The van der Waals surface area contributed by atoms with Crippen molar-refractivity contribution in [3.8, 4) is 0 Å². The van der Waals surface area contributed by atoms with Gasteiger partial charge in [-0.3, -0.25) is 0 Å². The Hall–Kier alpha value is -0.800. The van der Waals surface area contributed by atoms with Crippen LogP contribution in [0.25, 0.3) is 0 Å². The molecule has 1 aliphatic rings. The van der Waals surface area contributed by atoms with E-state index in [9.17, 15) is 0 Å². The van der Waals surface area contributed by atoms with Crippen LogP contribution in [-0.4, -0.2) is 23.3 Å². The lowest BCUT2D eigenvalue weighted by atomic mass is 9.89. The highest BCUT2D eigenvalue weighted by Crippen LogP contribution is 2.23. The van der Waals surface area contributed by atoms with Crippen molar-refractivity contribution in [2.24, 2.45) is 0 Å². The Labute approximate surface area is 97.8 Å². The Kier molecular flexibility index (Phi) is 4.02. The molecule has 3 nitrogen and oxygen atoms in total. The van der Waals surface area contributed by atoms with Crippen molar-refractivity contribution in [1.82, 2.24) is 9.88 Å². The van der Waals surface area contributed by atoms with Gasteiger partial charge in [0, 0.05) is 38.1 Å². The normalized spacial score (nSPS) is 24.4. The molecule has 0 aliphatic heterocycles. The third kappa shape index (κ3) is 2.86. The van der Waals surface area contributed by atoms with Crippen molar-refractivity contribution in [1.29, 1.82) is 0 Å². The molecule has 1 fully saturated rings. The monoisotopic (exact) mass is 222 g/mol. The van der Waals surface area contributed by atoms with Gasteiger partial charge in [0.05, 0.1) is 6.10 Å². The van der Waals surface area contributed by atoms with Gasteiger partial charge < -0.3 is 14.6 Å². The number of hydrogen-bond donors (Lipinski definition) is 1. The summed E-state index contributed by atoms with van der Waals surface area (Å²) in [5, 5.41) is 3.57. The van der Waals surface area contributed by atoms with E-state index >= 15 is 0 Å². The number of nitrogens with zero attached hydrogens (tertiary/aromatic N) is 1. The van der Waals surface area contributed by atoms with Gasteiger partial charge in [-0.2, -0.15) is 0 Å². The molecule has 1 aromatic heterocycles. The Morgan fingerprint density at radius 2 is 2.25 bits per heavy atom. The molecule has 1 aromatic rings. The fourth-order valence-corrected chi connectivity index (χ4v) is 2.16. The number of ether oxygens (including phenoxy) is 1. The summed E-state index contributed by atoms with van der Waals surface area (Å²) < 4.78 is 7.75. The maximum Gasteiger partial charge on any atom is 0.0604 e. The van der Waals surface area contributed by atoms with Crippen LogP contribution < -0.4 is 5.32 Å². The van der Waals surface area contributed by atoms with Crippen molar-refractivity contribution >= 4 is 0 Å². The first-order valence-corrected chi connectivity index (χ1v) is 6.31. The summed E-state index contributed by atoms with van der Waals surface area (Å²) in [6.07, 6.45) is 7.19. The molecule has 1 aliphatic carbocycles. The highest BCUT2D eigenvalue weighted by Gasteiger charge is 2.28. The second-order valence-corrected chi connectivity index (χ2v) is 4.48. The van der Waals surface area contributed by atoms with Gasteiger partial charge in [-0.05, 0) is 38.3 Å². The van der Waals surface area contributed by atoms with Crippen LogP contribution in [0.15, 0.2) is 18.5 Å². The van der Waals surface area contributed by atoms with E-state index in [1.807, 2.05) is 0 Å². The van der Waals surface area contributed by atoms with Crippen molar-refractivity contribution in [2.75, 3.05) is 6.61 Å². The van der Waals surface area contributed by atoms with Crippen LogP contribution in [0, 0.1) is 0 Å². The van der Waals surface area contributed by atoms with E-state index < -0.39 is 0 Å². The van der Waals surface area contributed by atoms with Gasteiger partial charge in [-0.25, -0.2) is 0 Å². The molecule has 0 amide bonds. The van der Waals surface area contributed by atoms with Gasteiger partial charge >= 0.3 is 0 Å². The molecule has 0 radical (unpaired) electrons. The minimum Gasteiger partial charge on any atom is -0.378 e. The SMILES string of the molecule is CCOC1CC(NCc2ccn(CC)c2)C1. The first-order chi connectivity index (χ1) is 7.81. The molecule has 1 heterocycles. The van der Waals surface area contributed by atoms with Gasteiger partial charge in [0.15, 0.2) is 0 Å². The molecule has 0 bridgehead atoms. The summed E-state index contributed by atoms with van der Waals surface area (Å²) in [6, 6.07) is 2.84. The van der Waals surface area contributed by atoms with Crippen LogP contribution in [0.1, 0.15) is 32.3 Å². The summed E-state index contributed by atoms with van der Waals surface area (Å²) in [5.41, 5.74) is 1.38. The zero-order valence-corrected chi connectivity index (χ0v) is 10.3. The third-order valence-electron chi connectivity index (χ3n) is 3.27. The summed E-state index contributed by atoms with van der Waals surface area (Å²) >= 11 is 0. The molecular formula is C13H22N2O. The predicted molar refractivity (Wildman–Crippen MR) is 65.4 cm³/mol. The van der Waals surface area contributed by atoms with Crippen LogP contribution in [0.2, 0.25) is 0 Å². The smallest absolute Gasteiger partial charge is 0.0604 e.